The van der Waals surface area contributed by atoms with Crippen molar-refractivity contribution in [2.75, 3.05) is 12.4 Å². The number of hydrogen-bond donors (Lipinski definition) is 2. The van der Waals surface area contributed by atoms with E-state index in [9.17, 15) is 4.79 Å². The zero-order valence-electron chi connectivity index (χ0n) is 18.8. The molecule has 6 rings (SSSR count). The highest BCUT2D eigenvalue weighted by Crippen LogP contribution is 2.32. The first-order valence-electron chi connectivity index (χ1n) is 11.5. The van der Waals surface area contributed by atoms with Crippen LogP contribution >= 0.6 is 11.3 Å². The summed E-state index contributed by atoms with van der Waals surface area (Å²) in [5, 5.41) is 12.5. The van der Waals surface area contributed by atoms with Gasteiger partial charge in [-0.25, -0.2) is 9.97 Å². The number of fused-ring (bicyclic) bond motifs is 2. The average Bonchev–Trinajstić information content (AvgIpc) is 3.63. The number of benzene rings is 2. The normalized spacial score (nSPS) is 14.1. The first-order chi connectivity index (χ1) is 16.6. The van der Waals surface area contributed by atoms with E-state index in [-0.39, 0.29) is 5.91 Å². The highest BCUT2D eigenvalue weighted by molar-refractivity contribution is 7.20. The van der Waals surface area contributed by atoms with Crippen molar-refractivity contribution >= 4 is 49.7 Å². The van der Waals surface area contributed by atoms with Crippen LogP contribution in [0.2, 0.25) is 0 Å². The molecule has 0 atom stereocenters. The summed E-state index contributed by atoms with van der Waals surface area (Å²) >= 11 is 1.54. The number of nitrogens with zero attached hydrogens (tertiary/aromatic N) is 4. The number of nitrogens with one attached hydrogen (secondary N) is 2. The van der Waals surface area contributed by atoms with Gasteiger partial charge in [-0.1, -0.05) is 25.0 Å². The summed E-state index contributed by atoms with van der Waals surface area (Å²) in [5.74, 6) is 1.47. The molecule has 7 nitrogen and oxygen atoms in total. The molecule has 2 N–H and O–H groups in total. The Morgan fingerprint density at radius 2 is 1.97 bits per heavy atom. The molecule has 2 aromatic carbocycles. The molecule has 170 valence electrons. The van der Waals surface area contributed by atoms with Gasteiger partial charge in [0.25, 0.3) is 5.91 Å². The van der Waals surface area contributed by atoms with E-state index in [0.29, 0.717) is 17.7 Å². The molecular formula is C26H24N6OS. The largest absolute Gasteiger partial charge is 0.340 e. The van der Waals surface area contributed by atoms with Crippen molar-refractivity contribution in [1.82, 2.24) is 25.1 Å². The molecule has 0 aliphatic heterocycles. The van der Waals surface area contributed by atoms with Gasteiger partial charge < -0.3 is 10.2 Å². The van der Waals surface area contributed by atoms with Gasteiger partial charge in [-0.2, -0.15) is 5.10 Å². The molecule has 0 unspecified atom stereocenters. The van der Waals surface area contributed by atoms with Crippen LogP contribution in [0.4, 0.5) is 11.5 Å². The summed E-state index contributed by atoms with van der Waals surface area (Å²) < 4.78 is 1.06. The summed E-state index contributed by atoms with van der Waals surface area (Å²) in [6.45, 7) is 0. The molecule has 0 bridgehead atoms. The summed E-state index contributed by atoms with van der Waals surface area (Å²) in [7, 11) is 1.94. The van der Waals surface area contributed by atoms with Gasteiger partial charge in [0.2, 0.25) is 0 Å². The molecule has 5 aromatic rings. The van der Waals surface area contributed by atoms with E-state index >= 15 is 0 Å². The summed E-state index contributed by atoms with van der Waals surface area (Å²) in [5.41, 5.74) is 2.85. The van der Waals surface area contributed by atoms with Gasteiger partial charge in [0.15, 0.2) is 5.82 Å². The van der Waals surface area contributed by atoms with Crippen LogP contribution in [0.5, 0.6) is 0 Å². The Labute approximate surface area is 200 Å². The van der Waals surface area contributed by atoms with Gasteiger partial charge >= 0.3 is 0 Å². The Balaban J connectivity index is 1.25. The predicted octanol–water partition coefficient (Wildman–Crippen LogP) is 5.99. The monoisotopic (exact) mass is 468 g/mol. The Bertz CT molecular complexity index is 1500. The van der Waals surface area contributed by atoms with Crippen LogP contribution < -0.4 is 5.32 Å². The summed E-state index contributed by atoms with van der Waals surface area (Å²) in [6, 6.07) is 16.4. The third kappa shape index (κ3) is 3.90. The van der Waals surface area contributed by atoms with Gasteiger partial charge in [-0.15, -0.1) is 11.3 Å². The molecule has 3 heterocycles. The lowest BCUT2D eigenvalue weighted by molar-refractivity contribution is 0.0740. The van der Waals surface area contributed by atoms with Crippen molar-refractivity contribution < 1.29 is 4.79 Å². The molecule has 1 saturated carbocycles. The summed E-state index contributed by atoms with van der Waals surface area (Å²) in [4.78, 5) is 25.0. The van der Waals surface area contributed by atoms with E-state index in [0.717, 1.165) is 50.0 Å². The number of rotatable bonds is 5. The molecule has 0 radical (unpaired) electrons. The SMILES string of the molecule is CN(C(=O)c1cc2ccc(-c3nccc(Nc4ccc5[nH]ncc5c4)n3)cc2s1)C1CCCC1. The zero-order valence-corrected chi connectivity index (χ0v) is 19.6. The number of anilines is 2. The van der Waals surface area contributed by atoms with Crippen LogP contribution in [0.3, 0.4) is 0 Å². The van der Waals surface area contributed by atoms with Crippen LogP contribution in [0, 0.1) is 0 Å². The van der Waals surface area contributed by atoms with E-state index in [1.807, 2.05) is 54.4 Å². The van der Waals surface area contributed by atoms with E-state index in [2.05, 4.69) is 26.6 Å². The Morgan fingerprint density at radius 1 is 1.09 bits per heavy atom. The second-order valence-electron chi connectivity index (χ2n) is 8.78. The number of hydrogen-bond acceptors (Lipinski definition) is 6. The van der Waals surface area contributed by atoms with Crippen molar-refractivity contribution in [1.29, 1.82) is 0 Å². The number of amides is 1. The van der Waals surface area contributed by atoms with Gasteiger partial charge in [0, 0.05) is 40.6 Å². The molecule has 0 saturated heterocycles. The van der Waals surface area contributed by atoms with Gasteiger partial charge in [-0.3, -0.25) is 9.89 Å². The number of thiophene rings is 1. The van der Waals surface area contributed by atoms with Crippen molar-refractivity contribution in [3.05, 3.63) is 65.8 Å². The number of carbonyl (C=O) groups excluding carboxylic acids is 1. The first-order valence-corrected chi connectivity index (χ1v) is 12.3. The second-order valence-corrected chi connectivity index (χ2v) is 9.86. The van der Waals surface area contributed by atoms with Crippen molar-refractivity contribution in [2.24, 2.45) is 0 Å². The lowest BCUT2D eigenvalue weighted by Gasteiger charge is -2.23. The fourth-order valence-corrected chi connectivity index (χ4v) is 5.73. The quantitative estimate of drug-likeness (QED) is 0.331. The molecule has 8 heteroatoms. The van der Waals surface area contributed by atoms with Crippen LogP contribution in [0.25, 0.3) is 32.4 Å². The van der Waals surface area contributed by atoms with Crippen molar-refractivity contribution in [3.63, 3.8) is 0 Å². The lowest BCUT2D eigenvalue weighted by atomic mass is 10.1. The lowest BCUT2D eigenvalue weighted by Crippen LogP contribution is -2.34. The molecule has 3 aromatic heterocycles. The number of aromatic amines is 1. The predicted molar refractivity (Wildman–Crippen MR) is 137 cm³/mol. The fraction of sp³-hybridized carbons (Fsp3) is 0.231. The Morgan fingerprint density at radius 3 is 2.85 bits per heavy atom. The Hall–Kier alpha value is -3.78. The molecule has 1 aliphatic carbocycles. The van der Waals surface area contributed by atoms with Crippen LogP contribution in [0.1, 0.15) is 35.4 Å². The summed E-state index contributed by atoms with van der Waals surface area (Å²) in [6.07, 6.45) is 8.19. The minimum atomic E-state index is 0.117. The third-order valence-electron chi connectivity index (χ3n) is 6.55. The minimum absolute atomic E-state index is 0.117. The van der Waals surface area contributed by atoms with Gasteiger partial charge in [-0.05, 0) is 54.6 Å². The molecule has 1 fully saturated rings. The minimum Gasteiger partial charge on any atom is -0.340 e. The van der Waals surface area contributed by atoms with E-state index in [1.54, 1.807) is 12.4 Å². The van der Waals surface area contributed by atoms with E-state index in [4.69, 9.17) is 4.98 Å². The second kappa shape index (κ2) is 8.53. The average molecular weight is 469 g/mol. The topological polar surface area (TPSA) is 86.8 Å². The van der Waals surface area contributed by atoms with Crippen LogP contribution in [-0.4, -0.2) is 44.1 Å². The number of aromatic nitrogens is 4. The third-order valence-corrected chi connectivity index (χ3v) is 7.64. The maximum Gasteiger partial charge on any atom is 0.263 e. The van der Waals surface area contributed by atoms with Crippen LogP contribution in [-0.2, 0) is 0 Å². The van der Waals surface area contributed by atoms with Gasteiger partial charge in [0.1, 0.15) is 5.82 Å². The van der Waals surface area contributed by atoms with Crippen molar-refractivity contribution in [2.45, 2.75) is 31.7 Å². The number of H-pyrrole nitrogens is 1. The number of carbonyl (C=O) groups is 1. The highest BCUT2D eigenvalue weighted by Gasteiger charge is 2.25. The molecule has 34 heavy (non-hydrogen) atoms. The van der Waals surface area contributed by atoms with E-state index < -0.39 is 0 Å². The fourth-order valence-electron chi connectivity index (χ4n) is 4.64. The first kappa shape index (κ1) is 20.8. The molecule has 0 spiro atoms. The smallest absolute Gasteiger partial charge is 0.263 e. The Kier molecular flexibility index (Phi) is 5.22. The molecule has 1 amide bonds. The van der Waals surface area contributed by atoms with E-state index in [1.165, 1.54) is 24.2 Å². The maximum atomic E-state index is 13.0. The van der Waals surface area contributed by atoms with Gasteiger partial charge in [0.05, 0.1) is 16.6 Å². The molecular weight excluding hydrogens is 444 g/mol. The van der Waals surface area contributed by atoms with Crippen molar-refractivity contribution in [3.8, 4) is 11.4 Å². The maximum absolute atomic E-state index is 13.0. The highest BCUT2D eigenvalue weighted by atomic mass is 32.1. The van der Waals surface area contributed by atoms with Crippen LogP contribution in [0.15, 0.2) is 60.9 Å². The standard InChI is InChI=1S/C26H24N6OS/c1-32(20-4-2-3-5-20)26(33)23-13-16-6-7-17(14-22(16)34-23)25-27-11-10-24(30-25)29-19-8-9-21-18(12-19)15-28-31-21/h6-15,20H,2-5H2,1H3,(H,28,31)(H,27,29,30). The zero-order chi connectivity index (χ0) is 23.1. The molecule has 1 aliphatic rings.